The average Bonchev–Trinajstić information content (AvgIpc) is 2.69. The van der Waals surface area contributed by atoms with Crippen molar-refractivity contribution in [1.29, 1.82) is 0 Å². The quantitative estimate of drug-likeness (QED) is 0.851. The van der Waals surface area contributed by atoms with Gasteiger partial charge in [-0.3, -0.25) is 0 Å². The number of ether oxygens (including phenoxy) is 2. The molecule has 0 fully saturated rings. The van der Waals surface area contributed by atoms with Gasteiger partial charge in [0, 0.05) is 21.9 Å². The molecule has 2 N–H and O–H groups in total. The number of nitrogen functional groups attached to an aromatic ring is 1. The fraction of sp³-hybridized carbons (Fsp3) is 0.250. The van der Waals surface area contributed by atoms with E-state index in [1.54, 1.807) is 11.8 Å². The molecule has 0 spiro atoms. The van der Waals surface area contributed by atoms with Gasteiger partial charge in [0.1, 0.15) is 0 Å². The smallest absolute Gasteiger partial charge is 0.162 e. The van der Waals surface area contributed by atoms with Gasteiger partial charge < -0.3 is 15.2 Å². The fourth-order valence-corrected chi connectivity index (χ4v) is 3.05. The van der Waals surface area contributed by atoms with Crippen LogP contribution in [-0.4, -0.2) is 13.2 Å². The molecule has 104 valence electrons. The van der Waals surface area contributed by atoms with Crippen molar-refractivity contribution in [1.82, 2.24) is 0 Å². The van der Waals surface area contributed by atoms with E-state index in [0.29, 0.717) is 13.2 Å². The highest BCUT2D eigenvalue weighted by Crippen LogP contribution is 2.38. The molecular weight excluding hydrogens is 270 g/mol. The van der Waals surface area contributed by atoms with Crippen LogP contribution in [0, 0.1) is 6.92 Å². The highest BCUT2D eigenvalue weighted by Gasteiger charge is 2.12. The lowest BCUT2D eigenvalue weighted by atomic mass is 10.2. The molecule has 1 aliphatic rings. The molecule has 0 saturated heterocycles. The monoisotopic (exact) mass is 287 g/mol. The SMILES string of the molecule is Cc1c(N)cccc1Sc1ccc2c(c1)OCCCO2. The van der Waals surface area contributed by atoms with Gasteiger partial charge in [-0.2, -0.15) is 0 Å². The Hall–Kier alpha value is -1.81. The Bertz CT molecular complexity index is 628. The van der Waals surface area contributed by atoms with E-state index >= 15 is 0 Å². The third-order valence-corrected chi connectivity index (χ3v) is 4.42. The number of nitrogens with two attached hydrogens (primary N) is 1. The second kappa shape index (κ2) is 5.67. The summed E-state index contributed by atoms with van der Waals surface area (Å²) in [7, 11) is 0. The van der Waals surface area contributed by atoms with Gasteiger partial charge in [-0.15, -0.1) is 0 Å². The predicted octanol–water partition coefficient (Wildman–Crippen LogP) is 3.89. The van der Waals surface area contributed by atoms with Crippen LogP contribution in [0.5, 0.6) is 11.5 Å². The molecule has 0 aliphatic carbocycles. The van der Waals surface area contributed by atoms with Gasteiger partial charge in [-0.1, -0.05) is 17.8 Å². The Balaban J connectivity index is 1.88. The zero-order valence-electron chi connectivity index (χ0n) is 11.4. The highest BCUT2D eigenvalue weighted by atomic mass is 32.2. The molecule has 0 amide bonds. The van der Waals surface area contributed by atoms with Crippen molar-refractivity contribution in [3.05, 3.63) is 42.0 Å². The second-order valence-corrected chi connectivity index (χ2v) is 5.85. The van der Waals surface area contributed by atoms with Crippen molar-refractivity contribution >= 4 is 17.4 Å². The minimum Gasteiger partial charge on any atom is -0.490 e. The van der Waals surface area contributed by atoms with E-state index in [0.717, 1.165) is 34.1 Å². The van der Waals surface area contributed by atoms with Crippen LogP contribution < -0.4 is 15.2 Å². The molecule has 1 heterocycles. The summed E-state index contributed by atoms with van der Waals surface area (Å²) in [5.74, 6) is 1.66. The summed E-state index contributed by atoms with van der Waals surface area (Å²) < 4.78 is 11.4. The van der Waals surface area contributed by atoms with Gasteiger partial charge in [0.25, 0.3) is 0 Å². The van der Waals surface area contributed by atoms with Crippen LogP contribution in [0.15, 0.2) is 46.2 Å². The summed E-state index contributed by atoms with van der Waals surface area (Å²) in [4.78, 5) is 2.29. The molecule has 0 aromatic heterocycles. The van der Waals surface area contributed by atoms with Gasteiger partial charge >= 0.3 is 0 Å². The topological polar surface area (TPSA) is 44.5 Å². The first-order valence-electron chi connectivity index (χ1n) is 6.66. The van der Waals surface area contributed by atoms with E-state index in [4.69, 9.17) is 15.2 Å². The minimum absolute atomic E-state index is 0.707. The highest BCUT2D eigenvalue weighted by molar-refractivity contribution is 7.99. The third kappa shape index (κ3) is 2.70. The Morgan fingerprint density at radius 3 is 2.70 bits per heavy atom. The maximum atomic E-state index is 5.95. The maximum absolute atomic E-state index is 5.95. The van der Waals surface area contributed by atoms with E-state index in [1.807, 2.05) is 31.2 Å². The molecule has 1 aliphatic heterocycles. The van der Waals surface area contributed by atoms with Crippen molar-refractivity contribution in [2.45, 2.75) is 23.1 Å². The maximum Gasteiger partial charge on any atom is 0.162 e. The summed E-state index contributed by atoms with van der Waals surface area (Å²) in [6.07, 6.45) is 0.922. The Kier molecular flexibility index (Phi) is 3.74. The largest absolute Gasteiger partial charge is 0.490 e. The standard InChI is InChI=1S/C16H17NO2S/c1-11-13(17)4-2-5-16(11)20-12-6-7-14-15(10-12)19-9-3-8-18-14/h2,4-7,10H,3,8-9,17H2,1H3. The second-order valence-electron chi connectivity index (χ2n) is 4.73. The molecule has 0 radical (unpaired) electrons. The molecule has 0 saturated carbocycles. The number of benzene rings is 2. The lowest BCUT2D eigenvalue weighted by Crippen LogP contribution is -1.97. The van der Waals surface area contributed by atoms with Gasteiger partial charge in [0.05, 0.1) is 13.2 Å². The van der Waals surface area contributed by atoms with Crippen molar-refractivity contribution in [3.8, 4) is 11.5 Å². The summed E-state index contributed by atoms with van der Waals surface area (Å²) in [5.41, 5.74) is 7.89. The number of rotatable bonds is 2. The molecule has 2 aromatic carbocycles. The Labute approximate surface area is 123 Å². The van der Waals surface area contributed by atoms with Crippen molar-refractivity contribution < 1.29 is 9.47 Å². The van der Waals surface area contributed by atoms with Crippen LogP contribution in [-0.2, 0) is 0 Å². The van der Waals surface area contributed by atoms with Gasteiger partial charge in [-0.25, -0.2) is 0 Å². The van der Waals surface area contributed by atoms with Crippen molar-refractivity contribution in [2.75, 3.05) is 18.9 Å². The molecule has 0 bridgehead atoms. The summed E-state index contributed by atoms with van der Waals surface area (Å²) >= 11 is 1.69. The molecule has 3 rings (SSSR count). The van der Waals surface area contributed by atoms with Crippen molar-refractivity contribution in [3.63, 3.8) is 0 Å². The molecule has 20 heavy (non-hydrogen) atoms. The summed E-state index contributed by atoms with van der Waals surface area (Å²) in [5, 5.41) is 0. The van der Waals surface area contributed by atoms with Crippen molar-refractivity contribution in [2.24, 2.45) is 0 Å². The molecule has 0 atom stereocenters. The fourth-order valence-electron chi connectivity index (χ4n) is 2.08. The molecular formula is C16H17NO2S. The van der Waals surface area contributed by atoms with Crippen LogP contribution in [0.3, 0.4) is 0 Å². The van der Waals surface area contributed by atoms with Crippen LogP contribution in [0.4, 0.5) is 5.69 Å². The van der Waals surface area contributed by atoms with Crippen LogP contribution in [0.25, 0.3) is 0 Å². The number of hydrogen-bond acceptors (Lipinski definition) is 4. The van der Waals surface area contributed by atoms with E-state index in [1.165, 1.54) is 4.90 Å². The molecule has 4 heteroatoms. The summed E-state index contributed by atoms with van der Waals surface area (Å²) in [6, 6.07) is 12.1. The van der Waals surface area contributed by atoms with E-state index in [9.17, 15) is 0 Å². The first kappa shape index (κ1) is 13.2. The van der Waals surface area contributed by atoms with Gasteiger partial charge in [-0.05, 0) is 42.8 Å². The van der Waals surface area contributed by atoms with Crippen LogP contribution in [0.1, 0.15) is 12.0 Å². The molecule has 3 nitrogen and oxygen atoms in total. The number of hydrogen-bond donors (Lipinski definition) is 1. The number of anilines is 1. The predicted molar refractivity (Wildman–Crippen MR) is 81.8 cm³/mol. The summed E-state index contributed by atoms with van der Waals surface area (Å²) in [6.45, 7) is 3.47. The zero-order valence-corrected chi connectivity index (χ0v) is 12.2. The molecule has 2 aromatic rings. The third-order valence-electron chi connectivity index (χ3n) is 3.27. The van der Waals surface area contributed by atoms with Crippen LogP contribution in [0.2, 0.25) is 0 Å². The first-order chi connectivity index (χ1) is 9.74. The Morgan fingerprint density at radius 2 is 1.85 bits per heavy atom. The zero-order chi connectivity index (χ0) is 13.9. The minimum atomic E-state index is 0.707. The Morgan fingerprint density at radius 1 is 1.05 bits per heavy atom. The van der Waals surface area contributed by atoms with E-state index < -0.39 is 0 Å². The van der Waals surface area contributed by atoms with E-state index in [2.05, 4.69) is 12.1 Å². The first-order valence-corrected chi connectivity index (χ1v) is 7.48. The van der Waals surface area contributed by atoms with Crippen LogP contribution >= 0.6 is 11.8 Å². The average molecular weight is 287 g/mol. The van der Waals surface area contributed by atoms with Gasteiger partial charge in [0.15, 0.2) is 11.5 Å². The number of fused-ring (bicyclic) bond motifs is 1. The normalized spacial score (nSPS) is 13.8. The molecule has 0 unspecified atom stereocenters. The lowest BCUT2D eigenvalue weighted by Gasteiger charge is -2.11. The van der Waals surface area contributed by atoms with Gasteiger partial charge in [0.2, 0.25) is 0 Å². The lowest BCUT2D eigenvalue weighted by molar-refractivity contribution is 0.297. The van der Waals surface area contributed by atoms with E-state index in [-0.39, 0.29) is 0 Å².